The van der Waals surface area contributed by atoms with Gasteiger partial charge < -0.3 is 4.74 Å². The zero-order valence-electron chi connectivity index (χ0n) is 8.66. The SMILES string of the molecule is Fc1cc(OCc2cc(Cl)ccn2)ccc1Br. The summed E-state index contributed by atoms with van der Waals surface area (Å²) in [5, 5.41) is 0.598. The second-order valence-corrected chi connectivity index (χ2v) is 4.62. The van der Waals surface area contributed by atoms with Crippen LogP contribution in [0, 0.1) is 5.82 Å². The summed E-state index contributed by atoms with van der Waals surface area (Å²) < 4.78 is 19.0. The first-order valence-electron chi connectivity index (χ1n) is 4.83. The smallest absolute Gasteiger partial charge is 0.141 e. The number of rotatable bonds is 3. The van der Waals surface area contributed by atoms with Gasteiger partial charge >= 0.3 is 0 Å². The Morgan fingerprint density at radius 3 is 2.82 bits per heavy atom. The highest BCUT2D eigenvalue weighted by molar-refractivity contribution is 9.10. The molecule has 0 saturated carbocycles. The lowest BCUT2D eigenvalue weighted by Gasteiger charge is -2.06. The highest BCUT2D eigenvalue weighted by Gasteiger charge is 2.02. The molecule has 0 bridgehead atoms. The Morgan fingerprint density at radius 2 is 2.12 bits per heavy atom. The van der Waals surface area contributed by atoms with E-state index in [1.165, 1.54) is 6.07 Å². The summed E-state index contributed by atoms with van der Waals surface area (Å²) in [5.41, 5.74) is 0.695. The van der Waals surface area contributed by atoms with Crippen molar-refractivity contribution >= 4 is 27.5 Å². The maximum Gasteiger partial charge on any atom is 0.141 e. The van der Waals surface area contributed by atoms with Gasteiger partial charge in [-0.3, -0.25) is 4.98 Å². The molecule has 1 aromatic heterocycles. The Hall–Kier alpha value is -1.13. The third-order valence-electron chi connectivity index (χ3n) is 2.06. The lowest BCUT2D eigenvalue weighted by atomic mass is 10.3. The average Bonchev–Trinajstić information content (AvgIpc) is 2.31. The molecule has 0 N–H and O–H groups in total. The van der Waals surface area contributed by atoms with E-state index in [9.17, 15) is 4.39 Å². The normalized spacial score (nSPS) is 10.3. The van der Waals surface area contributed by atoms with Gasteiger partial charge in [-0.15, -0.1) is 0 Å². The predicted molar refractivity (Wildman–Crippen MR) is 67.7 cm³/mol. The second kappa shape index (κ2) is 5.47. The fourth-order valence-electron chi connectivity index (χ4n) is 1.25. The summed E-state index contributed by atoms with van der Waals surface area (Å²) in [5.74, 6) is 0.0917. The Balaban J connectivity index is 2.05. The number of nitrogens with zero attached hydrogens (tertiary/aromatic N) is 1. The van der Waals surface area contributed by atoms with Gasteiger partial charge in [0.1, 0.15) is 18.2 Å². The molecule has 0 amide bonds. The van der Waals surface area contributed by atoms with E-state index in [-0.39, 0.29) is 12.4 Å². The molecule has 5 heteroatoms. The third-order valence-corrected chi connectivity index (χ3v) is 2.93. The van der Waals surface area contributed by atoms with Crippen molar-refractivity contribution in [3.63, 3.8) is 0 Å². The van der Waals surface area contributed by atoms with Crippen LogP contribution in [0.5, 0.6) is 5.75 Å². The van der Waals surface area contributed by atoms with Crippen LogP contribution in [0.1, 0.15) is 5.69 Å². The fourth-order valence-corrected chi connectivity index (χ4v) is 1.68. The molecular weight excluding hydrogens is 308 g/mol. The van der Waals surface area contributed by atoms with E-state index in [1.54, 1.807) is 30.5 Å². The van der Waals surface area contributed by atoms with E-state index < -0.39 is 0 Å². The molecular formula is C12H8BrClFNO. The van der Waals surface area contributed by atoms with Gasteiger partial charge in [-0.25, -0.2) is 4.39 Å². The third kappa shape index (κ3) is 3.41. The highest BCUT2D eigenvalue weighted by Crippen LogP contribution is 2.21. The molecule has 0 saturated heterocycles. The molecule has 2 nitrogen and oxygen atoms in total. The number of ether oxygens (including phenoxy) is 1. The van der Waals surface area contributed by atoms with Crippen molar-refractivity contribution in [1.29, 1.82) is 0 Å². The van der Waals surface area contributed by atoms with Crippen molar-refractivity contribution in [2.75, 3.05) is 0 Å². The molecule has 0 unspecified atom stereocenters. The van der Waals surface area contributed by atoms with Crippen LogP contribution in [0.4, 0.5) is 4.39 Å². The maximum absolute atomic E-state index is 13.2. The van der Waals surface area contributed by atoms with E-state index in [1.807, 2.05) is 0 Å². The fraction of sp³-hybridized carbons (Fsp3) is 0.0833. The van der Waals surface area contributed by atoms with Crippen LogP contribution < -0.4 is 4.74 Å². The molecule has 0 fully saturated rings. The van der Waals surface area contributed by atoms with Gasteiger partial charge in [0.05, 0.1) is 10.2 Å². The zero-order chi connectivity index (χ0) is 12.3. The summed E-state index contributed by atoms with van der Waals surface area (Å²) in [6.45, 7) is 0.252. The van der Waals surface area contributed by atoms with E-state index >= 15 is 0 Å². The van der Waals surface area contributed by atoms with Gasteiger partial charge in [-0.1, -0.05) is 11.6 Å². The first-order valence-corrected chi connectivity index (χ1v) is 6.00. The maximum atomic E-state index is 13.2. The zero-order valence-corrected chi connectivity index (χ0v) is 11.0. The lowest BCUT2D eigenvalue weighted by molar-refractivity contribution is 0.299. The predicted octanol–water partition coefficient (Wildman–Crippen LogP) is 4.22. The number of pyridine rings is 1. The van der Waals surface area contributed by atoms with Gasteiger partial charge in [0.2, 0.25) is 0 Å². The summed E-state index contributed by atoms with van der Waals surface area (Å²) in [7, 11) is 0. The van der Waals surface area contributed by atoms with E-state index in [0.717, 1.165) is 0 Å². The first kappa shape index (κ1) is 12.3. The minimum absolute atomic E-state index is 0.252. The summed E-state index contributed by atoms with van der Waals surface area (Å²) in [4.78, 5) is 4.08. The number of hydrogen-bond acceptors (Lipinski definition) is 2. The van der Waals surface area contributed by atoms with Crippen molar-refractivity contribution in [1.82, 2.24) is 4.98 Å². The van der Waals surface area contributed by atoms with Gasteiger partial charge in [0, 0.05) is 17.3 Å². The molecule has 1 aromatic carbocycles. The molecule has 0 aliphatic heterocycles. The van der Waals surface area contributed by atoms with Crippen LogP contribution in [0.15, 0.2) is 41.0 Å². The van der Waals surface area contributed by atoms with Gasteiger partial charge in [0.25, 0.3) is 0 Å². The van der Waals surface area contributed by atoms with Crippen molar-refractivity contribution in [2.45, 2.75) is 6.61 Å². The second-order valence-electron chi connectivity index (χ2n) is 3.33. The number of hydrogen-bond donors (Lipinski definition) is 0. The molecule has 2 aromatic rings. The molecule has 2 rings (SSSR count). The highest BCUT2D eigenvalue weighted by atomic mass is 79.9. The van der Waals surface area contributed by atoms with Crippen molar-refractivity contribution < 1.29 is 9.13 Å². The monoisotopic (exact) mass is 315 g/mol. The molecule has 0 aliphatic rings. The van der Waals surface area contributed by atoms with Crippen LogP contribution in [0.25, 0.3) is 0 Å². The Labute approximate surface area is 112 Å². The van der Waals surface area contributed by atoms with E-state index in [0.29, 0.717) is 20.9 Å². The molecule has 0 atom stereocenters. The number of halogens is 3. The molecule has 0 aliphatic carbocycles. The quantitative estimate of drug-likeness (QED) is 0.846. The van der Waals surface area contributed by atoms with Crippen LogP contribution in [-0.2, 0) is 6.61 Å². The average molecular weight is 317 g/mol. The van der Waals surface area contributed by atoms with Gasteiger partial charge in [-0.05, 0) is 40.2 Å². The van der Waals surface area contributed by atoms with Gasteiger partial charge in [-0.2, -0.15) is 0 Å². The lowest BCUT2D eigenvalue weighted by Crippen LogP contribution is -1.98. The number of aromatic nitrogens is 1. The van der Waals surface area contributed by atoms with Crippen molar-refractivity contribution in [2.24, 2.45) is 0 Å². The molecule has 1 heterocycles. The molecule has 88 valence electrons. The van der Waals surface area contributed by atoms with Crippen molar-refractivity contribution in [3.8, 4) is 5.75 Å². The topological polar surface area (TPSA) is 22.1 Å². The Bertz CT molecular complexity index is 536. The van der Waals surface area contributed by atoms with Gasteiger partial charge in [0.15, 0.2) is 0 Å². The van der Waals surface area contributed by atoms with Crippen LogP contribution in [0.3, 0.4) is 0 Å². The standard InChI is InChI=1S/C12H8BrClFNO/c13-11-2-1-10(6-12(11)15)17-7-9-5-8(14)3-4-16-9/h1-6H,7H2. The largest absolute Gasteiger partial charge is 0.487 e. The number of benzene rings is 1. The summed E-state index contributed by atoms with van der Waals surface area (Å²) >= 11 is 8.89. The minimum atomic E-state index is -0.360. The van der Waals surface area contributed by atoms with Crippen LogP contribution >= 0.6 is 27.5 Å². The first-order chi connectivity index (χ1) is 8.15. The van der Waals surface area contributed by atoms with Crippen LogP contribution in [-0.4, -0.2) is 4.98 Å². The minimum Gasteiger partial charge on any atom is -0.487 e. The van der Waals surface area contributed by atoms with E-state index in [4.69, 9.17) is 16.3 Å². The van der Waals surface area contributed by atoms with Crippen molar-refractivity contribution in [3.05, 3.63) is 57.5 Å². The molecule has 0 spiro atoms. The Morgan fingerprint density at radius 1 is 1.29 bits per heavy atom. The molecule has 0 radical (unpaired) electrons. The Kier molecular flexibility index (Phi) is 3.97. The molecule has 17 heavy (non-hydrogen) atoms. The summed E-state index contributed by atoms with van der Waals surface area (Å²) in [6, 6.07) is 7.98. The van der Waals surface area contributed by atoms with E-state index in [2.05, 4.69) is 20.9 Å². The van der Waals surface area contributed by atoms with Crippen LogP contribution in [0.2, 0.25) is 5.02 Å². The summed E-state index contributed by atoms with van der Waals surface area (Å²) in [6.07, 6.45) is 1.60.